The van der Waals surface area contributed by atoms with Crippen LogP contribution in [0.1, 0.15) is 39.5 Å². The lowest BCUT2D eigenvalue weighted by Gasteiger charge is -2.13. The monoisotopic (exact) mass is 241 g/mol. The van der Waals surface area contributed by atoms with E-state index in [9.17, 15) is 9.59 Å². The van der Waals surface area contributed by atoms with Crippen molar-refractivity contribution < 1.29 is 9.59 Å². The summed E-state index contributed by atoms with van der Waals surface area (Å²) in [4.78, 5) is 22.9. The zero-order valence-corrected chi connectivity index (χ0v) is 10.7. The smallest absolute Gasteiger partial charge is 0.236 e. The lowest BCUT2D eigenvalue weighted by atomic mass is 10.3. The number of hydrogen-bond donors (Lipinski definition) is 3. The van der Waals surface area contributed by atoms with Gasteiger partial charge in [-0.3, -0.25) is 9.59 Å². The summed E-state index contributed by atoms with van der Waals surface area (Å²) in [5, 5.41) is 8.77. The van der Waals surface area contributed by atoms with Gasteiger partial charge in [0.2, 0.25) is 11.8 Å². The van der Waals surface area contributed by atoms with Gasteiger partial charge in [0.05, 0.1) is 6.04 Å². The second kappa shape index (κ2) is 7.27. The summed E-state index contributed by atoms with van der Waals surface area (Å²) in [5.41, 5.74) is 0. The second-order valence-corrected chi connectivity index (χ2v) is 4.56. The minimum atomic E-state index is -0.240. The van der Waals surface area contributed by atoms with E-state index in [2.05, 4.69) is 16.0 Å². The van der Waals surface area contributed by atoms with Gasteiger partial charge in [-0.05, 0) is 26.2 Å². The Morgan fingerprint density at radius 3 is 2.59 bits per heavy atom. The molecule has 5 nitrogen and oxygen atoms in total. The van der Waals surface area contributed by atoms with E-state index in [1.165, 1.54) is 0 Å². The molecule has 3 N–H and O–H groups in total. The molecule has 1 fully saturated rings. The van der Waals surface area contributed by atoms with E-state index in [0.29, 0.717) is 25.6 Å². The van der Waals surface area contributed by atoms with Gasteiger partial charge in [0.1, 0.15) is 0 Å². The molecule has 1 saturated carbocycles. The SMILES string of the molecule is CCCNC(=O)C(C)NCCC(=O)NC1CC1. The molecule has 1 unspecified atom stereocenters. The topological polar surface area (TPSA) is 70.2 Å². The third-order valence-corrected chi connectivity index (χ3v) is 2.69. The molecule has 98 valence electrons. The van der Waals surface area contributed by atoms with Gasteiger partial charge in [-0.1, -0.05) is 6.92 Å². The van der Waals surface area contributed by atoms with E-state index in [-0.39, 0.29) is 17.9 Å². The fourth-order valence-electron chi connectivity index (χ4n) is 1.42. The molecule has 1 aliphatic carbocycles. The molecule has 2 amide bonds. The van der Waals surface area contributed by atoms with Crippen LogP contribution < -0.4 is 16.0 Å². The minimum absolute atomic E-state index is 0.00514. The van der Waals surface area contributed by atoms with Crippen LogP contribution in [0.15, 0.2) is 0 Å². The molecule has 17 heavy (non-hydrogen) atoms. The van der Waals surface area contributed by atoms with Crippen molar-refractivity contribution in [2.75, 3.05) is 13.1 Å². The highest BCUT2D eigenvalue weighted by Crippen LogP contribution is 2.18. The number of hydrogen-bond acceptors (Lipinski definition) is 3. The molecule has 0 radical (unpaired) electrons. The summed E-state index contributed by atoms with van der Waals surface area (Å²) >= 11 is 0. The third kappa shape index (κ3) is 6.26. The Morgan fingerprint density at radius 2 is 2.00 bits per heavy atom. The molecule has 0 aromatic rings. The molecule has 0 spiro atoms. The van der Waals surface area contributed by atoms with Crippen LogP contribution in [0.2, 0.25) is 0 Å². The molecule has 5 heteroatoms. The molecular weight excluding hydrogens is 218 g/mol. The first-order valence-corrected chi connectivity index (χ1v) is 6.44. The van der Waals surface area contributed by atoms with Crippen LogP contribution in [0.25, 0.3) is 0 Å². The molecule has 0 aromatic heterocycles. The van der Waals surface area contributed by atoms with E-state index in [0.717, 1.165) is 19.3 Å². The highest BCUT2D eigenvalue weighted by molar-refractivity contribution is 5.81. The van der Waals surface area contributed by atoms with Gasteiger partial charge >= 0.3 is 0 Å². The molecule has 0 bridgehead atoms. The summed E-state index contributed by atoms with van der Waals surface area (Å²) in [5.74, 6) is 0.0654. The maximum Gasteiger partial charge on any atom is 0.236 e. The molecule has 1 rings (SSSR count). The van der Waals surface area contributed by atoms with Crippen molar-refractivity contribution in [3.05, 3.63) is 0 Å². The van der Waals surface area contributed by atoms with Crippen molar-refractivity contribution in [2.24, 2.45) is 0 Å². The van der Waals surface area contributed by atoms with Crippen LogP contribution in [0, 0.1) is 0 Å². The highest BCUT2D eigenvalue weighted by Gasteiger charge is 2.22. The molecule has 1 atom stereocenters. The molecule has 1 aliphatic rings. The van der Waals surface area contributed by atoms with Crippen molar-refractivity contribution in [3.63, 3.8) is 0 Å². The van der Waals surface area contributed by atoms with Crippen LogP contribution in [0.3, 0.4) is 0 Å². The summed E-state index contributed by atoms with van der Waals surface area (Å²) in [6.45, 7) is 5.07. The zero-order chi connectivity index (χ0) is 12.7. The Morgan fingerprint density at radius 1 is 1.29 bits per heavy atom. The zero-order valence-electron chi connectivity index (χ0n) is 10.7. The number of carbonyl (C=O) groups is 2. The van der Waals surface area contributed by atoms with E-state index in [1.807, 2.05) is 13.8 Å². The number of rotatable bonds is 8. The summed E-state index contributed by atoms with van der Waals surface area (Å²) < 4.78 is 0. The van der Waals surface area contributed by atoms with E-state index in [4.69, 9.17) is 0 Å². The third-order valence-electron chi connectivity index (χ3n) is 2.69. The van der Waals surface area contributed by atoms with Crippen LogP contribution in [0.4, 0.5) is 0 Å². The first kappa shape index (κ1) is 14.0. The Balaban J connectivity index is 2.03. The Bertz CT molecular complexity index is 264. The Kier molecular flexibility index (Phi) is 5.97. The van der Waals surface area contributed by atoms with Crippen LogP contribution in [-0.4, -0.2) is 37.0 Å². The van der Waals surface area contributed by atoms with Crippen LogP contribution in [0.5, 0.6) is 0 Å². The van der Waals surface area contributed by atoms with Gasteiger partial charge in [0.25, 0.3) is 0 Å². The maximum absolute atomic E-state index is 11.5. The van der Waals surface area contributed by atoms with Crippen molar-refractivity contribution in [3.8, 4) is 0 Å². The molecule has 0 aromatic carbocycles. The first-order valence-electron chi connectivity index (χ1n) is 6.44. The normalized spacial score (nSPS) is 16.4. The molecular formula is C12H23N3O2. The summed E-state index contributed by atoms with van der Waals surface area (Å²) in [7, 11) is 0. The van der Waals surface area contributed by atoms with Crippen molar-refractivity contribution >= 4 is 11.8 Å². The van der Waals surface area contributed by atoms with Crippen molar-refractivity contribution in [2.45, 2.75) is 51.6 Å². The second-order valence-electron chi connectivity index (χ2n) is 4.56. The summed E-state index contributed by atoms with van der Waals surface area (Å²) in [6, 6.07) is 0.169. The molecule has 0 heterocycles. The number of carbonyl (C=O) groups excluding carboxylic acids is 2. The fraction of sp³-hybridized carbons (Fsp3) is 0.833. The highest BCUT2D eigenvalue weighted by atomic mass is 16.2. The fourth-order valence-corrected chi connectivity index (χ4v) is 1.42. The number of nitrogens with one attached hydrogen (secondary N) is 3. The van der Waals surface area contributed by atoms with Gasteiger partial charge in [-0.25, -0.2) is 0 Å². The van der Waals surface area contributed by atoms with Crippen LogP contribution >= 0.6 is 0 Å². The average Bonchev–Trinajstić information content (AvgIpc) is 3.09. The number of amides is 2. The Hall–Kier alpha value is -1.10. The van der Waals surface area contributed by atoms with E-state index in [1.54, 1.807) is 0 Å². The van der Waals surface area contributed by atoms with Gasteiger partial charge in [0.15, 0.2) is 0 Å². The first-order chi connectivity index (χ1) is 8.13. The lowest BCUT2D eigenvalue weighted by Crippen LogP contribution is -2.43. The van der Waals surface area contributed by atoms with Gasteiger partial charge < -0.3 is 16.0 Å². The maximum atomic E-state index is 11.5. The molecule has 0 aliphatic heterocycles. The van der Waals surface area contributed by atoms with E-state index >= 15 is 0 Å². The molecule has 0 saturated heterocycles. The summed E-state index contributed by atoms with van der Waals surface area (Å²) in [6.07, 6.45) is 3.58. The predicted molar refractivity (Wildman–Crippen MR) is 66.5 cm³/mol. The largest absolute Gasteiger partial charge is 0.355 e. The van der Waals surface area contributed by atoms with E-state index < -0.39 is 0 Å². The average molecular weight is 241 g/mol. The van der Waals surface area contributed by atoms with Crippen molar-refractivity contribution in [1.29, 1.82) is 0 Å². The van der Waals surface area contributed by atoms with Crippen molar-refractivity contribution in [1.82, 2.24) is 16.0 Å². The minimum Gasteiger partial charge on any atom is -0.355 e. The lowest BCUT2D eigenvalue weighted by molar-refractivity contribution is -0.124. The van der Waals surface area contributed by atoms with Gasteiger partial charge in [-0.2, -0.15) is 0 Å². The quantitative estimate of drug-likeness (QED) is 0.567. The Labute approximate surface area is 103 Å². The standard InChI is InChI=1S/C12H23N3O2/c1-3-7-14-12(17)9(2)13-8-6-11(16)15-10-4-5-10/h9-10,13H,3-8H2,1-2H3,(H,14,17)(H,15,16). The van der Waals surface area contributed by atoms with Gasteiger partial charge in [0, 0.05) is 25.6 Å². The van der Waals surface area contributed by atoms with Crippen LogP contribution in [-0.2, 0) is 9.59 Å². The van der Waals surface area contributed by atoms with Gasteiger partial charge in [-0.15, -0.1) is 0 Å². The predicted octanol–water partition coefficient (Wildman–Crippen LogP) is 0.159.